The molecule has 2 unspecified atom stereocenters. The SMILES string of the molecule is COc1ccc(CCC2CCCC2N)cc1Cl. The Bertz CT molecular complexity index is 380. The predicted octanol–water partition coefficient (Wildman–Crippen LogP) is 3.41. The van der Waals surface area contributed by atoms with Crippen molar-refractivity contribution < 1.29 is 4.74 Å². The van der Waals surface area contributed by atoms with Crippen LogP contribution in [0.1, 0.15) is 31.2 Å². The van der Waals surface area contributed by atoms with Crippen LogP contribution in [0.3, 0.4) is 0 Å². The van der Waals surface area contributed by atoms with E-state index in [1.165, 1.54) is 31.2 Å². The summed E-state index contributed by atoms with van der Waals surface area (Å²) < 4.78 is 5.14. The van der Waals surface area contributed by atoms with Crippen molar-refractivity contribution in [2.75, 3.05) is 7.11 Å². The zero-order valence-electron chi connectivity index (χ0n) is 10.3. The predicted molar refractivity (Wildman–Crippen MR) is 71.6 cm³/mol. The summed E-state index contributed by atoms with van der Waals surface area (Å²) in [4.78, 5) is 0. The number of hydrogen-bond donors (Lipinski definition) is 1. The molecule has 2 rings (SSSR count). The number of aryl methyl sites for hydroxylation is 1. The van der Waals surface area contributed by atoms with Crippen LogP contribution in [0.15, 0.2) is 18.2 Å². The minimum absolute atomic E-state index is 0.406. The standard InChI is InChI=1S/C14H20ClNO/c1-17-14-8-6-10(9-12(14)15)5-7-11-3-2-4-13(11)16/h6,8-9,11,13H,2-5,7,16H2,1H3. The first kappa shape index (κ1) is 12.7. The fourth-order valence-electron chi connectivity index (χ4n) is 2.64. The molecular formula is C14H20ClNO. The van der Waals surface area contributed by atoms with Crippen molar-refractivity contribution in [3.05, 3.63) is 28.8 Å². The van der Waals surface area contributed by atoms with E-state index in [0.29, 0.717) is 17.0 Å². The van der Waals surface area contributed by atoms with Crippen LogP contribution in [0.4, 0.5) is 0 Å². The smallest absolute Gasteiger partial charge is 0.137 e. The van der Waals surface area contributed by atoms with Gasteiger partial charge in [0.05, 0.1) is 12.1 Å². The highest BCUT2D eigenvalue weighted by atomic mass is 35.5. The van der Waals surface area contributed by atoms with Crippen molar-refractivity contribution >= 4 is 11.6 Å². The van der Waals surface area contributed by atoms with Gasteiger partial charge in [-0.25, -0.2) is 0 Å². The number of nitrogens with two attached hydrogens (primary N) is 1. The van der Waals surface area contributed by atoms with Crippen molar-refractivity contribution in [3.63, 3.8) is 0 Å². The number of hydrogen-bond acceptors (Lipinski definition) is 2. The van der Waals surface area contributed by atoms with E-state index in [2.05, 4.69) is 6.07 Å². The Balaban J connectivity index is 1.92. The second kappa shape index (κ2) is 5.74. The molecule has 0 heterocycles. The van der Waals surface area contributed by atoms with Crippen molar-refractivity contribution in [3.8, 4) is 5.75 Å². The van der Waals surface area contributed by atoms with E-state index in [4.69, 9.17) is 22.1 Å². The zero-order chi connectivity index (χ0) is 12.3. The maximum atomic E-state index is 6.10. The average Bonchev–Trinajstić information content (AvgIpc) is 2.72. The first-order valence-corrected chi connectivity index (χ1v) is 6.66. The van der Waals surface area contributed by atoms with E-state index in [-0.39, 0.29) is 0 Å². The van der Waals surface area contributed by atoms with Crippen LogP contribution in [0.5, 0.6) is 5.75 Å². The Labute approximate surface area is 108 Å². The molecule has 1 aromatic rings. The van der Waals surface area contributed by atoms with Crippen LogP contribution >= 0.6 is 11.6 Å². The van der Waals surface area contributed by atoms with Crippen LogP contribution in [-0.4, -0.2) is 13.2 Å². The molecule has 0 saturated heterocycles. The third-order valence-electron chi connectivity index (χ3n) is 3.74. The summed E-state index contributed by atoms with van der Waals surface area (Å²) in [5.41, 5.74) is 7.35. The van der Waals surface area contributed by atoms with Crippen LogP contribution in [0.25, 0.3) is 0 Å². The molecule has 1 aliphatic carbocycles. The third-order valence-corrected chi connectivity index (χ3v) is 4.03. The van der Waals surface area contributed by atoms with Gasteiger partial charge in [0.25, 0.3) is 0 Å². The third kappa shape index (κ3) is 3.14. The van der Waals surface area contributed by atoms with Crippen LogP contribution in [0.2, 0.25) is 5.02 Å². The van der Waals surface area contributed by atoms with E-state index < -0.39 is 0 Å². The first-order valence-electron chi connectivity index (χ1n) is 6.28. The lowest BCUT2D eigenvalue weighted by molar-refractivity contribution is 0.414. The molecule has 1 fully saturated rings. The van der Waals surface area contributed by atoms with Gasteiger partial charge in [0.15, 0.2) is 0 Å². The van der Waals surface area contributed by atoms with Crippen molar-refractivity contribution in [2.24, 2.45) is 11.7 Å². The average molecular weight is 254 g/mol. The van der Waals surface area contributed by atoms with Crippen LogP contribution in [0, 0.1) is 5.92 Å². The summed E-state index contributed by atoms with van der Waals surface area (Å²) >= 11 is 6.10. The molecule has 1 aromatic carbocycles. The summed E-state index contributed by atoms with van der Waals surface area (Å²) in [6.45, 7) is 0. The van der Waals surface area contributed by atoms with Gasteiger partial charge in [0.1, 0.15) is 5.75 Å². The van der Waals surface area contributed by atoms with Gasteiger partial charge in [-0.2, -0.15) is 0 Å². The lowest BCUT2D eigenvalue weighted by Gasteiger charge is -2.15. The number of halogens is 1. The maximum Gasteiger partial charge on any atom is 0.137 e. The molecular weight excluding hydrogens is 234 g/mol. The molecule has 2 N–H and O–H groups in total. The van der Waals surface area contributed by atoms with Gasteiger partial charge in [-0.05, 0) is 49.3 Å². The quantitative estimate of drug-likeness (QED) is 0.893. The van der Waals surface area contributed by atoms with Crippen molar-refractivity contribution in [1.82, 2.24) is 0 Å². The molecule has 17 heavy (non-hydrogen) atoms. The lowest BCUT2D eigenvalue weighted by Crippen LogP contribution is -2.24. The fourth-order valence-corrected chi connectivity index (χ4v) is 2.92. The number of benzene rings is 1. The van der Waals surface area contributed by atoms with E-state index in [9.17, 15) is 0 Å². The highest BCUT2D eigenvalue weighted by Gasteiger charge is 2.23. The Kier molecular flexibility index (Phi) is 4.30. The highest BCUT2D eigenvalue weighted by molar-refractivity contribution is 6.32. The van der Waals surface area contributed by atoms with Gasteiger partial charge in [-0.3, -0.25) is 0 Å². The summed E-state index contributed by atoms with van der Waals surface area (Å²) in [7, 11) is 1.64. The minimum Gasteiger partial charge on any atom is -0.495 e. The molecule has 0 bridgehead atoms. The molecule has 2 atom stereocenters. The summed E-state index contributed by atoms with van der Waals surface area (Å²) in [6.07, 6.45) is 5.99. The lowest BCUT2D eigenvalue weighted by atomic mass is 9.95. The fraction of sp³-hybridized carbons (Fsp3) is 0.571. The van der Waals surface area contributed by atoms with Crippen LogP contribution in [-0.2, 0) is 6.42 Å². The summed E-state index contributed by atoms with van der Waals surface area (Å²) in [5.74, 6) is 1.43. The van der Waals surface area contributed by atoms with Gasteiger partial charge >= 0.3 is 0 Å². The number of methoxy groups -OCH3 is 1. The number of ether oxygens (including phenoxy) is 1. The van der Waals surface area contributed by atoms with Crippen molar-refractivity contribution in [1.29, 1.82) is 0 Å². The molecule has 0 aliphatic heterocycles. The molecule has 0 aromatic heterocycles. The Morgan fingerprint density at radius 2 is 2.24 bits per heavy atom. The normalized spacial score (nSPS) is 23.9. The molecule has 3 heteroatoms. The molecule has 1 aliphatic rings. The van der Waals surface area contributed by atoms with Gasteiger partial charge in [0.2, 0.25) is 0 Å². The van der Waals surface area contributed by atoms with Crippen molar-refractivity contribution in [2.45, 2.75) is 38.1 Å². The van der Waals surface area contributed by atoms with Gasteiger partial charge in [0, 0.05) is 6.04 Å². The largest absolute Gasteiger partial charge is 0.495 e. The highest BCUT2D eigenvalue weighted by Crippen LogP contribution is 2.30. The Morgan fingerprint density at radius 3 is 2.82 bits per heavy atom. The van der Waals surface area contributed by atoms with Crippen LogP contribution < -0.4 is 10.5 Å². The summed E-state index contributed by atoms with van der Waals surface area (Å²) in [5, 5.41) is 0.695. The monoisotopic (exact) mass is 253 g/mol. The van der Waals surface area contributed by atoms with Gasteiger partial charge in [-0.1, -0.05) is 24.1 Å². The second-order valence-electron chi connectivity index (χ2n) is 4.86. The molecule has 0 spiro atoms. The second-order valence-corrected chi connectivity index (χ2v) is 5.27. The van der Waals surface area contributed by atoms with E-state index >= 15 is 0 Å². The molecule has 0 radical (unpaired) electrons. The minimum atomic E-state index is 0.406. The Morgan fingerprint density at radius 1 is 1.41 bits per heavy atom. The molecule has 94 valence electrons. The Hall–Kier alpha value is -0.730. The van der Waals surface area contributed by atoms with E-state index in [0.717, 1.165) is 12.2 Å². The van der Waals surface area contributed by atoms with Gasteiger partial charge in [-0.15, -0.1) is 0 Å². The topological polar surface area (TPSA) is 35.2 Å². The van der Waals surface area contributed by atoms with Gasteiger partial charge < -0.3 is 10.5 Å². The maximum absolute atomic E-state index is 6.10. The zero-order valence-corrected chi connectivity index (χ0v) is 11.0. The molecule has 0 amide bonds. The first-order chi connectivity index (χ1) is 8.20. The number of rotatable bonds is 4. The van der Waals surface area contributed by atoms with E-state index in [1.807, 2.05) is 12.1 Å². The van der Waals surface area contributed by atoms with E-state index in [1.54, 1.807) is 7.11 Å². The molecule has 2 nitrogen and oxygen atoms in total. The molecule has 1 saturated carbocycles. The summed E-state index contributed by atoms with van der Waals surface area (Å²) in [6, 6.07) is 6.43.